The minimum Gasteiger partial charge on any atom is -0.410 e. The van der Waals surface area contributed by atoms with Gasteiger partial charge in [0.05, 0.1) is 0 Å². The van der Waals surface area contributed by atoms with E-state index in [4.69, 9.17) is 5.21 Å². The van der Waals surface area contributed by atoms with Crippen LogP contribution in [0, 0.1) is 0 Å². The van der Waals surface area contributed by atoms with Gasteiger partial charge in [0, 0.05) is 13.5 Å². The molecule has 4 nitrogen and oxygen atoms in total. The van der Waals surface area contributed by atoms with Gasteiger partial charge < -0.3 is 10.5 Å². The second-order valence-corrected chi connectivity index (χ2v) is 2.79. The summed E-state index contributed by atoms with van der Waals surface area (Å²) in [5.74, 6) is -0.364. The molecule has 0 saturated carbocycles. The normalized spacial score (nSPS) is 11.1. The SMILES string of the molecule is CNC(=O)/C(Cc1ccccc1)=N\O. The lowest BCUT2D eigenvalue weighted by molar-refractivity contribution is -0.114. The van der Waals surface area contributed by atoms with E-state index < -0.39 is 0 Å². The first kappa shape index (κ1) is 10.2. The van der Waals surface area contributed by atoms with Gasteiger partial charge in [0.2, 0.25) is 0 Å². The van der Waals surface area contributed by atoms with Crippen molar-refractivity contribution in [3.63, 3.8) is 0 Å². The molecule has 4 heteroatoms. The van der Waals surface area contributed by atoms with Gasteiger partial charge in [-0.25, -0.2) is 0 Å². The molecule has 0 unspecified atom stereocenters. The van der Waals surface area contributed by atoms with E-state index >= 15 is 0 Å². The fraction of sp³-hybridized carbons (Fsp3) is 0.200. The largest absolute Gasteiger partial charge is 0.410 e. The molecule has 0 spiro atoms. The minimum atomic E-state index is -0.364. The number of hydrogen-bond donors (Lipinski definition) is 2. The van der Waals surface area contributed by atoms with Crippen molar-refractivity contribution in [1.82, 2.24) is 5.32 Å². The maximum Gasteiger partial charge on any atom is 0.269 e. The predicted molar refractivity (Wildman–Crippen MR) is 53.4 cm³/mol. The van der Waals surface area contributed by atoms with Gasteiger partial charge in [-0.15, -0.1) is 0 Å². The summed E-state index contributed by atoms with van der Waals surface area (Å²) < 4.78 is 0. The summed E-state index contributed by atoms with van der Waals surface area (Å²) in [6.45, 7) is 0. The van der Waals surface area contributed by atoms with Crippen LogP contribution in [0.25, 0.3) is 0 Å². The van der Waals surface area contributed by atoms with E-state index in [1.54, 1.807) is 0 Å². The molecule has 0 radical (unpaired) electrons. The molecule has 0 saturated heterocycles. The standard InChI is InChI=1S/C10H12N2O2/c1-11-10(13)9(12-14)7-8-5-3-2-4-6-8/h2-6,14H,7H2,1H3,(H,11,13)/b12-9-. The summed E-state index contributed by atoms with van der Waals surface area (Å²) >= 11 is 0. The van der Waals surface area contributed by atoms with Crippen LogP contribution in [-0.2, 0) is 11.2 Å². The first-order valence-electron chi connectivity index (χ1n) is 4.25. The van der Waals surface area contributed by atoms with E-state index in [0.29, 0.717) is 6.42 Å². The summed E-state index contributed by atoms with van der Waals surface area (Å²) in [5.41, 5.74) is 1.04. The van der Waals surface area contributed by atoms with Gasteiger partial charge in [0.1, 0.15) is 5.71 Å². The van der Waals surface area contributed by atoms with Crippen molar-refractivity contribution in [1.29, 1.82) is 0 Å². The van der Waals surface area contributed by atoms with Crippen LogP contribution in [-0.4, -0.2) is 23.9 Å². The zero-order valence-corrected chi connectivity index (χ0v) is 7.90. The number of oxime groups is 1. The molecule has 1 rings (SSSR count). The van der Waals surface area contributed by atoms with Crippen molar-refractivity contribution in [2.24, 2.45) is 5.16 Å². The molecule has 0 aliphatic heterocycles. The van der Waals surface area contributed by atoms with Gasteiger partial charge in [0.25, 0.3) is 5.91 Å². The molecule has 1 amide bonds. The Labute approximate surface area is 82.2 Å². The summed E-state index contributed by atoms with van der Waals surface area (Å²) in [4.78, 5) is 11.1. The van der Waals surface area contributed by atoms with Gasteiger partial charge in [0.15, 0.2) is 0 Å². The Morgan fingerprint density at radius 1 is 1.43 bits per heavy atom. The molecule has 0 aliphatic carbocycles. The molecule has 74 valence electrons. The quantitative estimate of drug-likeness (QED) is 0.423. The minimum absolute atomic E-state index is 0.110. The number of hydrogen-bond acceptors (Lipinski definition) is 3. The van der Waals surface area contributed by atoms with Crippen molar-refractivity contribution in [2.75, 3.05) is 7.05 Å². The number of nitrogens with zero attached hydrogens (tertiary/aromatic N) is 1. The van der Waals surface area contributed by atoms with E-state index in [2.05, 4.69) is 10.5 Å². The van der Waals surface area contributed by atoms with Gasteiger partial charge in [-0.2, -0.15) is 0 Å². The third kappa shape index (κ3) is 2.58. The third-order valence-corrected chi connectivity index (χ3v) is 1.82. The van der Waals surface area contributed by atoms with E-state index in [1.165, 1.54) is 7.05 Å². The molecular weight excluding hydrogens is 180 g/mol. The van der Waals surface area contributed by atoms with E-state index in [-0.39, 0.29) is 11.6 Å². The monoisotopic (exact) mass is 192 g/mol. The van der Waals surface area contributed by atoms with Crippen LogP contribution < -0.4 is 5.32 Å². The number of benzene rings is 1. The van der Waals surface area contributed by atoms with E-state index in [1.807, 2.05) is 30.3 Å². The van der Waals surface area contributed by atoms with Crippen LogP contribution in [0.1, 0.15) is 5.56 Å². The van der Waals surface area contributed by atoms with E-state index in [9.17, 15) is 4.79 Å². The highest BCUT2D eigenvalue weighted by atomic mass is 16.4. The first-order chi connectivity index (χ1) is 6.77. The Hall–Kier alpha value is -1.84. The predicted octanol–water partition coefficient (Wildman–Crippen LogP) is 0.805. The molecule has 2 N–H and O–H groups in total. The number of rotatable bonds is 3. The number of carbonyl (C=O) groups excluding carboxylic acids is 1. The summed E-state index contributed by atoms with van der Waals surface area (Å²) in [7, 11) is 1.50. The zero-order chi connectivity index (χ0) is 10.4. The lowest BCUT2D eigenvalue weighted by Gasteiger charge is -2.02. The number of amides is 1. The Kier molecular flexibility index (Phi) is 3.67. The van der Waals surface area contributed by atoms with E-state index in [0.717, 1.165) is 5.56 Å². The number of carbonyl (C=O) groups is 1. The highest BCUT2D eigenvalue weighted by molar-refractivity contribution is 6.39. The summed E-state index contributed by atoms with van der Waals surface area (Å²) in [6.07, 6.45) is 0.330. The van der Waals surface area contributed by atoms with Crippen LogP contribution in [0.5, 0.6) is 0 Å². The molecule has 0 bridgehead atoms. The molecule has 14 heavy (non-hydrogen) atoms. The fourth-order valence-electron chi connectivity index (χ4n) is 1.09. The van der Waals surface area contributed by atoms with Crippen molar-refractivity contribution < 1.29 is 10.0 Å². The maximum atomic E-state index is 11.1. The molecule has 0 aromatic heterocycles. The second kappa shape index (κ2) is 5.01. The highest BCUT2D eigenvalue weighted by Crippen LogP contribution is 2.00. The zero-order valence-electron chi connectivity index (χ0n) is 7.90. The maximum absolute atomic E-state index is 11.1. The Balaban J connectivity index is 2.73. The molecule has 1 aromatic carbocycles. The van der Waals surface area contributed by atoms with Crippen molar-refractivity contribution in [2.45, 2.75) is 6.42 Å². The molecule has 0 fully saturated rings. The lowest BCUT2D eigenvalue weighted by Crippen LogP contribution is -2.29. The van der Waals surface area contributed by atoms with Crippen molar-refractivity contribution in [3.8, 4) is 0 Å². The topological polar surface area (TPSA) is 61.7 Å². The smallest absolute Gasteiger partial charge is 0.269 e. The molecular formula is C10H12N2O2. The van der Waals surface area contributed by atoms with Gasteiger partial charge in [-0.3, -0.25) is 4.79 Å². The van der Waals surface area contributed by atoms with Crippen LogP contribution >= 0.6 is 0 Å². The number of nitrogens with one attached hydrogen (secondary N) is 1. The average Bonchev–Trinajstić information content (AvgIpc) is 2.26. The molecule has 0 aliphatic rings. The average molecular weight is 192 g/mol. The van der Waals surface area contributed by atoms with Gasteiger partial charge >= 0.3 is 0 Å². The summed E-state index contributed by atoms with van der Waals surface area (Å²) in [6, 6.07) is 9.36. The van der Waals surface area contributed by atoms with Crippen LogP contribution in [0.3, 0.4) is 0 Å². The third-order valence-electron chi connectivity index (χ3n) is 1.82. The van der Waals surface area contributed by atoms with Gasteiger partial charge in [-0.05, 0) is 5.56 Å². The fourth-order valence-corrected chi connectivity index (χ4v) is 1.09. The lowest BCUT2D eigenvalue weighted by atomic mass is 10.1. The van der Waals surface area contributed by atoms with Crippen LogP contribution in [0.4, 0.5) is 0 Å². The Morgan fingerprint density at radius 3 is 2.57 bits per heavy atom. The molecule has 0 atom stereocenters. The van der Waals surface area contributed by atoms with Gasteiger partial charge in [-0.1, -0.05) is 35.5 Å². The van der Waals surface area contributed by atoms with Crippen molar-refractivity contribution in [3.05, 3.63) is 35.9 Å². The molecule has 0 heterocycles. The van der Waals surface area contributed by atoms with Crippen molar-refractivity contribution >= 4 is 11.6 Å². The second-order valence-electron chi connectivity index (χ2n) is 2.79. The highest BCUT2D eigenvalue weighted by Gasteiger charge is 2.10. The van der Waals surface area contributed by atoms with Crippen LogP contribution in [0.15, 0.2) is 35.5 Å². The van der Waals surface area contributed by atoms with Crippen LogP contribution in [0.2, 0.25) is 0 Å². The Bertz CT molecular complexity index is 333. The first-order valence-corrected chi connectivity index (χ1v) is 4.25. The summed E-state index contributed by atoms with van der Waals surface area (Å²) in [5, 5.41) is 14.0. The molecule has 1 aromatic rings. The Morgan fingerprint density at radius 2 is 2.07 bits per heavy atom.